The van der Waals surface area contributed by atoms with Crippen molar-refractivity contribution < 1.29 is 12.8 Å². The van der Waals surface area contributed by atoms with Crippen molar-refractivity contribution >= 4 is 21.2 Å². The minimum Gasteiger partial charge on any atom is -0.293 e. The molecule has 1 atom stereocenters. The van der Waals surface area contributed by atoms with E-state index in [9.17, 15) is 17.6 Å². The second-order valence-corrected chi connectivity index (χ2v) is 8.26. The molecule has 0 saturated carbocycles. The number of hydrogen-bond donors (Lipinski definition) is 0. The molecule has 0 aliphatic carbocycles. The van der Waals surface area contributed by atoms with Crippen LogP contribution in [0.4, 0.5) is 4.39 Å². The lowest BCUT2D eigenvalue weighted by Gasteiger charge is -2.17. The van der Waals surface area contributed by atoms with Gasteiger partial charge in [-0.2, -0.15) is 4.31 Å². The highest BCUT2D eigenvalue weighted by Crippen LogP contribution is 2.28. The standard InChI is InChI=1S/C17H17FN4O3S/c1-20-15-3-2-9-19-16(15)22(17(20)23)13-8-10-21(11-13)26(24,25)14-6-4-12(18)5-7-14/h2-7,9,13H,8,10-11H2,1H3/t13-/m1/s1. The molecule has 1 aliphatic heterocycles. The van der Waals surface area contributed by atoms with Crippen molar-refractivity contribution in [3.8, 4) is 0 Å². The van der Waals surface area contributed by atoms with Crippen molar-refractivity contribution in [2.24, 2.45) is 7.05 Å². The van der Waals surface area contributed by atoms with E-state index in [1.807, 2.05) is 6.07 Å². The topological polar surface area (TPSA) is 77.2 Å². The maximum Gasteiger partial charge on any atom is 0.330 e. The zero-order chi connectivity index (χ0) is 18.5. The van der Waals surface area contributed by atoms with Gasteiger partial charge in [-0.05, 0) is 42.8 Å². The van der Waals surface area contributed by atoms with Gasteiger partial charge in [0.25, 0.3) is 0 Å². The molecule has 1 aliphatic rings. The number of nitrogens with zero attached hydrogens (tertiary/aromatic N) is 4. The third-order valence-corrected chi connectivity index (χ3v) is 6.67. The average Bonchev–Trinajstić information content (AvgIpc) is 3.20. The van der Waals surface area contributed by atoms with Crippen LogP contribution in [0, 0.1) is 5.82 Å². The molecule has 0 N–H and O–H groups in total. The number of rotatable bonds is 3. The fraction of sp³-hybridized carbons (Fsp3) is 0.294. The molecule has 0 bridgehead atoms. The highest BCUT2D eigenvalue weighted by Gasteiger charge is 2.35. The number of aromatic nitrogens is 3. The highest BCUT2D eigenvalue weighted by molar-refractivity contribution is 7.89. The Balaban J connectivity index is 1.69. The lowest BCUT2D eigenvalue weighted by molar-refractivity contribution is 0.449. The van der Waals surface area contributed by atoms with E-state index >= 15 is 0 Å². The molecule has 0 unspecified atom stereocenters. The van der Waals surface area contributed by atoms with Crippen LogP contribution in [0.3, 0.4) is 0 Å². The molecule has 0 spiro atoms. The predicted octanol–water partition coefficient (Wildman–Crippen LogP) is 1.51. The molecular formula is C17H17FN4O3S. The molecule has 26 heavy (non-hydrogen) atoms. The first-order valence-corrected chi connectivity index (χ1v) is 9.61. The Bertz CT molecular complexity index is 1140. The quantitative estimate of drug-likeness (QED) is 0.694. The maximum atomic E-state index is 13.1. The van der Waals surface area contributed by atoms with Gasteiger partial charge in [0, 0.05) is 26.3 Å². The van der Waals surface area contributed by atoms with Crippen molar-refractivity contribution in [3.05, 3.63) is 58.9 Å². The van der Waals surface area contributed by atoms with Gasteiger partial charge in [0.15, 0.2) is 5.65 Å². The van der Waals surface area contributed by atoms with E-state index < -0.39 is 15.8 Å². The number of sulfonamides is 1. The van der Waals surface area contributed by atoms with Crippen LogP contribution in [0.1, 0.15) is 12.5 Å². The van der Waals surface area contributed by atoms with E-state index in [-0.39, 0.29) is 23.2 Å². The van der Waals surface area contributed by atoms with Crippen LogP contribution in [-0.4, -0.2) is 39.9 Å². The molecule has 136 valence electrons. The second kappa shape index (κ2) is 6.03. The van der Waals surface area contributed by atoms with Crippen molar-refractivity contribution in [1.29, 1.82) is 0 Å². The van der Waals surface area contributed by atoms with Gasteiger partial charge in [-0.1, -0.05) is 0 Å². The summed E-state index contributed by atoms with van der Waals surface area (Å²) < 4.78 is 43.0. The van der Waals surface area contributed by atoms with Crippen LogP contribution < -0.4 is 5.69 Å². The average molecular weight is 376 g/mol. The Morgan fingerprint density at radius 1 is 1.19 bits per heavy atom. The normalized spacial score (nSPS) is 18.6. The van der Waals surface area contributed by atoms with Gasteiger partial charge in [0.1, 0.15) is 5.82 Å². The first kappa shape index (κ1) is 16.9. The van der Waals surface area contributed by atoms with Gasteiger partial charge in [-0.25, -0.2) is 22.6 Å². The Kier molecular flexibility index (Phi) is 3.92. The summed E-state index contributed by atoms with van der Waals surface area (Å²) >= 11 is 0. The summed E-state index contributed by atoms with van der Waals surface area (Å²) in [5.74, 6) is -0.489. The summed E-state index contributed by atoms with van der Waals surface area (Å²) in [6.45, 7) is 0.468. The van der Waals surface area contributed by atoms with Crippen LogP contribution in [0.2, 0.25) is 0 Å². The fourth-order valence-corrected chi connectivity index (χ4v) is 4.91. The summed E-state index contributed by atoms with van der Waals surface area (Å²) in [4.78, 5) is 17.0. The van der Waals surface area contributed by atoms with Gasteiger partial charge in [0.05, 0.1) is 16.5 Å². The minimum absolute atomic E-state index is 0.0444. The monoisotopic (exact) mass is 376 g/mol. The Morgan fingerprint density at radius 3 is 2.65 bits per heavy atom. The number of pyridine rings is 1. The summed E-state index contributed by atoms with van der Waals surface area (Å²) in [6.07, 6.45) is 2.12. The molecule has 7 nitrogen and oxygen atoms in total. The first-order valence-electron chi connectivity index (χ1n) is 8.17. The molecule has 3 heterocycles. The molecular weight excluding hydrogens is 359 g/mol. The molecule has 1 fully saturated rings. The molecule has 1 saturated heterocycles. The summed E-state index contributed by atoms with van der Waals surface area (Å²) in [6, 6.07) is 8.03. The summed E-state index contributed by atoms with van der Waals surface area (Å²) in [5.41, 5.74) is 1.04. The molecule has 9 heteroatoms. The minimum atomic E-state index is -3.73. The predicted molar refractivity (Wildman–Crippen MR) is 93.8 cm³/mol. The fourth-order valence-electron chi connectivity index (χ4n) is 3.42. The smallest absolute Gasteiger partial charge is 0.293 e. The number of imidazole rings is 1. The van der Waals surface area contributed by atoms with E-state index in [2.05, 4.69) is 4.98 Å². The number of hydrogen-bond acceptors (Lipinski definition) is 4. The zero-order valence-electron chi connectivity index (χ0n) is 14.0. The molecule has 1 aromatic carbocycles. The highest BCUT2D eigenvalue weighted by atomic mass is 32.2. The van der Waals surface area contributed by atoms with Gasteiger partial charge in [0.2, 0.25) is 10.0 Å². The van der Waals surface area contributed by atoms with Crippen LogP contribution in [0.15, 0.2) is 52.3 Å². The maximum absolute atomic E-state index is 13.1. The van der Waals surface area contributed by atoms with Crippen molar-refractivity contribution in [3.63, 3.8) is 0 Å². The number of aryl methyl sites for hydroxylation is 1. The lowest BCUT2D eigenvalue weighted by atomic mass is 10.2. The van der Waals surface area contributed by atoms with Gasteiger partial charge >= 0.3 is 5.69 Å². The summed E-state index contributed by atoms with van der Waals surface area (Å²) in [5, 5.41) is 0. The number of fused-ring (bicyclic) bond motifs is 1. The third-order valence-electron chi connectivity index (χ3n) is 4.79. The van der Waals surface area contributed by atoms with Crippen molar-refractivity contribution in [1.82, 2.24) is 18.4 Å². The van der Waals surface area contributed by atoms with E-state index in [1.165, 1.54) is 21.0 Å². The molecule has 0 amide bonds. The molecule has 2 aromatic heterocycles. The van der Waals surface area contributed by atoms with E-state index in [4.69, 9.17) is 0 Å². The van der Waals surface area contributed by atoms with Gasteiger partial charge in [-0.3, -0.25) is 9.13 Å². The first-order chi connectivity index (χ1) is 12.4. The summed E-state index contributed by atoms with van der Waals surface area (Å²) in [7, 11) is -2.06. The lowest BCUT2D eigenvalue weighted by Crippen LogP contribution is -2.31. The Morgan fingerprint density at radius 2 is 1.92 bits per heavy atom. The SMILES string of the molecule is Cn1c(=O)n([C@@H]2CCN(S(=O)(=O)c3ccc(F)cc3)C2)c2ncccc21. The van der Waals surface area contributed by atoms with E-state index in [0.29, 0.717) is 24.1 Å². The van der Waals surface area contributed by atoms with E-state index in [0.717, 1.165) is 12.1 Å². The van der Waals surface area contributed by atoms with Crippen LogP contribution in [0.25, 0.3) is 11.2 Å². The van der Waals surface area contributed by atoms with Crippen LogP contribution >= 0.6 is 0 Å². The molecule has 3 aromatic rings. The third kappa shape index (κ3) is 2.55. The Hall–Kier alpha value is -2.52. The van der Waals surface area contributed by atoms with Crippen LogP contribution in [-0.2, 0) is 17.1 Å². The van der Waals surface area contributed by atoms with Crippen molar-refractivity contribution in [2.75, 3.05) is 13.1 Å². The zero-order valence-corrected chi connectivity index (χ0v) is 14.9. The van der Waals surface area contributed by atoms with Gasteiger partial charge in [-0.15, -0.1) is 0 Å². The van der Waals surface area contributed by atoms with E-state index in [1.54, 1.807) is 23.9 Å². The second-order valence-electron chi connectivity index (χ2n) is 6.32. The van der Waals surface area contributed by atoms with Crippen LogP contribution in [0.5, 0.6) is 0 Å². The van der Waals surface area contributed by atoms with Gasteiger partial charge < -0.3 is 0 Å². The number of halogens is 1. The largest absolute Gasteiger partial charge is 0.330 e. The molecule has 0 radical (unpaired) electrons. The Labute approximate surface area is 149 Å². The molecule has 4 rings (SSSR count). The van der Waals surface area contributed by atoms with Crippen molar-refractivity contribution in [2.45, 2.75) is 17.4 Å². The number of benzene rings is 1.